The van der Waals surface area contributed by atoms with Crippen molar-refractivity contribution in [3.8, 4) is 0 Å². The molecule has 0 aliphatic carbocycles. The van der Waals surface area contributed by atoms with Gasteiger partial charge in [0.25, 0.3) is 0 Å². The first-order valence-corrected chi connectivity index (χ1v) is 6.12. The van der Waals surface area contributed by atoms with E-state index < -0.39 is 28.0 Å². The van der Waals surface area contributed by atoms with Crippen molar-refractivity contribution in [2.45, 2.75) is 12.8 Å². The number of rotatable bonds is 3. The first-order chi connectivity index (χ1) is 7.26. The zero-order chi connectivity index (χ0) is 12.5. The molecule has 1 rings (SSSR count). The molecule has 1 atom stereocenters. The summed E-state index contributed by atoms with van der Waals surface area (Å²) in [6.45, 7) is -0.0731. The largest absolute Gasteiger partial charge is 0.481 e. The van der Waals surface area contributed by atoms with Gasteiger partial charge in [0.15, 0.2) is 0 Å². The molecule has 0 aromatic heterocycles. The fraction of sp³-hybridized carbons (Fsp3) is 0.750. The summed E-state index contributed by atoms with van der Waals surface area (Å²) < 4.78 is 25.0. The number of hydrogen-bond acceptors (Lipinski definition) is 4. The highest BCUT2D eigenvalue weighted by atomic mass is 32.2. The molecule has 0 aromatic rings. The predicted octanol–water partition coefficient (Wildman–Crippen LogP) is -0.884. The summed E-state index contributed by atoms with van der Waals surface area (Å²) in [5, 5.41) is 8.72. The number of carbonyl (C=O) groups excluding carboxylic acids is 1. The second-order valence-electron chi connectivity index (χ2n) is 3.78. The van der Waals surface area contributed by atoms with Gasteiger partial charge in [-0.3, -0.25) is 9.59 Å². The molecule has 1 unspecified atom stereocenters. The molecule has 92 valence electrons. The van der Waals surface area contributed by atoms with E-state index in [9.17, 15) is 18.0 Å². The number of piperidine rings is 1. The van der Waals surface area contributed by atoms with Crippen LogP contribution >= 0.6 is 0 Å². The summed E-state index contributed by atoms with van der Waals surface area (Å²) in [5.41, 5.74) is 0. The van der Waals surface area contributed by atoms with Crippen molar-refractivity contribution in [2.75, 3.05) is 20.6 Å². The first-order valence-electron chi connectivity index (χ1n) is 4.72. The molecule has 0 aromatic carbocycles. The molecule has 8 heteroatoms. The molecule has 1 aliphatic heterocycles. The summed E-state index contributed by atoms with van der Waals surface area (Å²) in [6.07, 6.45) is -0.101. The average Bonchev–Trinajstić information content (AvgIpc) is 2.16. The number of carboxylic acid groups (broad SMARTS) is 1. The summed E-state index contributed by atoms with van der Waals surface area (Å²) >= 11 is 0. The average molecular weight is 250 g/mol. The Hall–Kier alpha value is -1.15. The van der Waals surface area contributed by atoms with Crippen LogP contribution in [0.4, 0.5) is 0 Å². The van der Waals surface area contributed by atoms with Crippen LogP contribution in [0.1, 0.15) is 12.8 Å². The molecule has 0 radical (unpaired) electrons. The van der Waals surface area contributed by atoms with Gasteiger partial charge in [0.1, 0.15) is 0 Å². The van der Waals surface area contributed by atoms with Crippen molar-refractivity contribution in [1.82, 2.24) is 8.61 Å². The standard InChI is InChI=1S/C8H14N2O5S/c1-9(2)16(14,15)10-4-3-6(8(12)13)5-7(10)11/h6H,3-5H2,1-2H3,(H,12,13). The zero-order valence-corrected chi connectivity index (χ0v) is 9.90. The summed E-state index contributed by atoms with van der Waals surface area (Å²) in [4.78, 5) is 22.2. The lowest BCUT2D eigenvalue weighted by molar-refractivity contribution is -0.147. The van der Waals surface area contributed by atoms with Gasteiger partial charge in [-0.1, -0.05) is 0 Å². The molecule has 7 nitrogen and oxygen atoms in total. The van der Waals surface area contributed by atoms with Gasteiger partial charge in [-0.25, -0.2) is 4.31 Å². The zero-order valence-electron chi connectivity index (χ0n) is 9.08. The molecule has 1 fully saturated rings. The van der Waals surface area contributed by atoms with Crippen molar-refractivity contribution in [1.29, 1.82) is 0 Å². The monoisotopic (exact) mass is 250 g/mol. The molecule has 0 saturated carbocycles. The minimum absolute atomic E-state index is 0.0731. The van der Waals surface area contributed by atoms with Crippen LogP contribution < -0.4 is 0 Å². The van der Waals surface area contributed by atoms with Crippen molar-refractivity contribution in [3.05, 3.63) is 0 Å². The van der Waals surface area contributed by atoms with E-state index in [2.05, 4.69) is 0 Å². The Morgan fingerprint density at radius 3 is 2.44 bits per heavy atom. The highest BCUT2D eigenvalue weighted by Crippen LogP contribution is 2.21. The Balaban J connectivity index is 2.83. The lowest BCUT2D eigenvalue weighted by Crippen LogP contribution is -2.48. The van der Waals surface area contributed by atoms with Crippen LogP contribution in [0.5, 0.6) is 0 Å². The second-order valence-corrected chi connectivity index (χ2v) is 5.85. The predicted molar refractivity (Wildman–Crippen MR) is 54.7 cm³/mol. The summed E-state index contributed by atoms with van der Waals surface area (Å²) in [5.74, 6) is -2.50. The quantitative estimate of drug-likeness (QED) is 0.701. The van der Waals surface area contributed by atoms with Gasteiger partial charge < -0.3 is 5.11 Å². The maximum Gasteiger partial charge on any atom is 0.307 e. The van der Waals surface area contributed by atoms with Crippen LogP contribution in [0.2, 0.25) is 0 Å². The SMILES string of the molecule is CN(C)S(=O)(=O)N1CCC(C(=O)O)CC1=O. The smallest absolute Gasteiger partial charge is 0.307 e. The van der Waals surface area contributed by atoms with Crippen molar-refractivity contribution < 1.29 is 23.1 Å². The fourth-order valence-electron chi connectivity index (χ4n) is 1.46. The second kappa shape index (κ2) is 4.38. The molecular formula is C8H14N2O5S. The van der Waals surface area contributed by atoms with E-state index in [0.29, 0.717) is 0 Å². The van der Waals surface area contributed by atoms with Gasteiger partial charge in [-0.15, -0.1) is 0 Å². The topological polar surface area (TPSA) is 95.0 Å². The normalized spacial score (nSPS) is 22.6. The third kappa shape index (κ3) is 2.33. The summed E-state index contributed by atoms with van der Waals surface area (Å²) in [7, 11) is -1.12. The van der Waals surface area contributed by atoms with Crippen LogP contribution in [-0.4, -0.2) is 54.7 Å². The highest BCUT2D eigenvalue weighted by molar-refractivity contribution is 7.87. The van der Waals surface area contributed by atoms with Gasteiger partial charge in [-0.2, -0.15) is 12.7 Å². The van der Waals surface area contributed by atoms with Gasteiger partial charge >= 0.3 is 16.2 Å². The molecular weight excluding hydrogens is 236 g/mol. The number of nitrogens with zero attached hydrogens (tertiary/aromatic N) is 2. The van der Waals surface area contributed by atoms with E-state index in [-0.39, 0.29) is 19.4 Å². The number of aliphatic carboxylic acids is 1. The Labute approximate surface area is 93.8 Å². The van der Waals surface area contributed by atoms with E-state index >= 15 is 0 Å². The van der Waals surface area contributed by atoms with Crippen molar-refractivity contribution in [3.63, 3.8) is 0 Å². The Bertz CT molecular complexity index is 403. The van der Waals surface area contributed by atoms with E-state index in [0.717, 1.165) is 8.61 Å². The van der Waals surface area contributed by atoms with E-state index in [4.69, 9.17) is 5.11 Å². The molecule has 1 aliphatic rings. The molecule has 1 amide bonds. The van der Waals surface area contributed by atoms with Crippen molar-refractivity contribution >= 4 is 22.1 Å². The molecule has 16 heavy (non-hydrogen) atoms. The van der Waals surface area contributed by atoms with Crippen LogP contribution in [0.15, 0.2) is 0 Å². The summed E-state index contributed by atoms with van der Waals surface area (Å²) in [6, 6.07) is 0. The van der Waals surface area contributed by atoms with E-state index in [1.54, 1.807) is 0 Å². The van der Waals surface area contributed by atoms with Crippen LogP contribution in [0.3, 0.4) is 0 Å². The molecule has 1 heterocycles. The lowest BCUT2D eigenvalue weighted by atomic mass is 9.98. The van der Waals surface area contributed by atoms with Gasteiger partial charge in [0.2, 0.25) is 5.91 Å². The number of amides is 1. The van der Waals surface area contributed by atoms with Crippen LogP contribution in [0, 0.1) is 5.92 Å². The Morgan fingerprint density at radius 2 is 2.06 bits per heavy atom. The van der Waals surface area contributed by atoms with E-state index in [1.165, 1.54) is 14.1 Å². The van der Waals surface area contributed by atoms with Gasteiger partial charge in [0, 0.05) is 27.1 Å². The minimum atomic E-state index is -3.77. The lowest BCUT2D eigenvalue weighted by Gasteiger charge is -2.30. The number of hydrogen-bond donors (Lipinski definition) is 1. The van der Waals surface area contributed by atoms with Crippen LogP contribution in [0.25, 0.3) is 0 Å². The number of carbonyl (C=O) groups is 2. The number of carboxylic acids is 1. The third-order valence-corrected chi connectivity index (χ3v) is 4.34. The van der Waals surface area contributed by atoms with E-state index in [1.807, 2.05) is 0 Å². The van der Waals surface area contributed by atoms with Gasteiger partial charge in [0.05, 0.1) is 5.92 Å². The molecule has 0 spiro atoms. The van der Waals surface area contributed by atoms with Crippen molar-refractivity contribution in [2.24, 2.45) is 5.92 Å². The highest BCUT2D eigenvalue weighted by Gasteiger charge is 2.37. The first kappa shape index (κ1) is 12.9. The van der Waals surface area contributed by atoms with Crippen LogP contribution in [-0.2, 0) is 19.8 Å². The maximum absolute atomic E-state index is 11.7. The molecule has 0 bridgehead atoms. The van der Waals surface area contributed by atoms with Gasteiger partial charge in [-0.05, 0) is 6.42 Å². The molecule has 1 saturated heterocycles. The molecule has 1 N–H and O–H groups in total. The third-order valence-electron chi connectivity index (χ3n) is 2.47. The minimum Gasteiger partial charge on any atom is -0.481 e. The maximum atomic E-state index is 11.7. The Kier molecular flexibility index (Phi) is 3.54. The Morgan fingerprint density at radius 1 is 1.50 bits per heavy atom. The fourth-order valence-corrected chi connectivity index (χ4v) is 2.53.